The van der Waals surface area contributed by atoms with E-state index in [0.29, 0.717) is 5.41 Å². The Morgan fingerprint density at radius 3 is 1.79 bits per heavy atom. The Bertz CT molecular complexity index is 716. The van der Waals surface area contributed by atoms with Gasteiger partial charge in [-0.15, -0.1) is 0 Å². The van der Waals surface area contributed by atoms with Crippen molar-refractivity contribution < 1.29 is 0 Å². The van der Waals surface area contributed by atoms with Crippen LogP contribution in [0.4, 0.5) is 0 Å². The number of hydrogen-bond donors (Lipinski definition) is 0. The monoisotopic (exact) mass is 462 g/mol. The van der Waals surface area contributed by atoms with Gasteiger partial charge in [0, 0.05) is 0 Å². The van der Waals surface area contributed by atoms with E-state index in [1.54, 1.807) is 24.0 Å². The molecule has 6 rings (SSSR count). The van der Waals surface area contributed by atoms with Gasteiger partial charge in [-0.2, -0.15) is 0 Å². The van der Waals surface area contributed by atoms with Gasteiger partial charge in [-0.05, 0) is 123 Å². The van der Waals surface area contributed by atoms with Gasteiger partial charge in [0.25, 0.3) is 0 Å². The summed E-state index contributed by atoms with van der Waals surface area (Å²) in [6.07, 6.45) is 29.6. The third-order valence-corrected chi connectivity index (χ3v) is 11.8. The van der Waals surface area contributed by atoms with Gasteiger partial charge in [0.1, 0.15) is 0 Å². The zero-order chi connectivity index (χ0) is 23.4. The van der Waals surface area contributed by atoms with E-state index in [1.165, 1.54) is 116 Å². The molecule has 0 nitrogen and oxygen atoms in total. The molecule has 0 radical (unpaired) electrons. The van der Waals surface area contributed by atoms with Crippen molar-refractivity contribution in [3.63, 3.8) is 0 Å². The lowest BCUT2D eigenvalue weighted by Gasteiger charge is -2.58. The molecule has 0 saturated heterocycles. The van der Waals surface area contributed by atoms with Gasteiger partial charge in [0.05, 0.1) is 0 Å². The molecule has 0 aliphatic heterocycles. The molecule has 1 aromatic rings. The second-order valence-electron chi connectivity index (χ2n) is 13.5. The van der Waals surface area contributed by atoms with Crippen molar-refractivity contribution in [2.45, 2.75) is 154 Å². The first kappa shape index (κ1) is 24.9. The van der Waals surface area contributed by atoms with Crippen LogP contribution >= 0.6 is 0 Å². The van der Waals surface area contributed by atoms with E-state index in [-0.39, 0.29) is 0 Å². The standard InChI is InChI=1S/C34H54/c1-3-5-6-8-28-9-13-29(14-10-28)30-15-19-32(20-16-30)34-24-21-33(22-25-34,23-26-34)31-17-11-27(7-4-2)12-18-31/h15-16,19-20,27-29,31H,3-14,17-18,21-26H2,1-2H3/t27?,28-,29-,31?,33?,34?. The second kappa shape index (κ2) is 11.1. The number of rotatable bonds is 9. The lowest BCUT2D eigenvalue weighted by Crippen LogP contribution is -2.48. The highest BCUT2D eigenvalue weighted by Crippen LogP contribution is 2.62. The van der Waals surface area contributed by atoms with Crippen LogP contribution in [0.15, 0.2) is 24.3 Å². The molecular formula is C34H54. The van der Waals surface area contributed by atoms with E-state index >= 15 is 0 Å². The summed E-state index contributed by atoms with van der Waals surface area (Å²) in [6, 6.07) is 10.3. The third-order valence-electron chi connectivity index (χ3n) is 11.8. The molecule has 190 valence electrons. The Balaban J connectivity index is 1.14. The first-order chi connectivity index (χ1) is 16.7. The number of hydrogen-bond acceptors (Lipinski definition) is 0. The minimum atomic E-state index is 0.524. The fourth-order valence-corrected chi connectivity index (χ4v) is 9.31. The predicted molar refractivity (Wildman–Crippen MR) is 147 cm³/mol. The summed E-state index contributed by atoms with van der Waals surface area (Å²) in [7, 11) is 0. The summed E-state index contributed by atoms with van der Waals surface area (Å²) < 4.78 is 0. The Hall–Kier alpha value is -0.780. The predicted octanol–water partition coefficient (Wildman–Crippen LogP) is 10.7. The van der Waals surface area contributed by atoms with E-state index in [1.807, 2.05) is 0 Å². The molecule has 5 aliphatic carbocycles. The minimum absolute atomic E-state index is 0.524. The zero-order valence-corrected chi connectivity index (χ0v) is 22.8. The van der Waals surface area contributed by atoms with Crippen molar-refractivity contribution in [1.29, 1.82) is 0 Å². The molecule has 5 aliphatic rings. The van der Waals surface area contributed by atoms with Gasteiger partial charge in [0.15, 0.2) is 0 Å². The van der Waals surface area contributed by atoms with Gasteiger partial charge in [-0.1, -0.05) is 89.5 Å². The topological polar surface area (TPSA) is 0 Å². The summed E-state index contributed by atoms with van der Waals surface area (Å²) >= 11 is 0. The molecule has 0 N–H and O–H groups in total. The Morgan fingerprint density at radius 2 is 1.21 bits per heavy atom. The van der Waals surface area contributed by atoms with Crippen molar-refractivity contribution >= 4 is 0 Å². The first-order valence-electron chi connectivity index (χ1n) is 15.8. The maximum Gasteiger partial charge on any atom is -0.00463 e. The van der Waals surface area contributed by atoms with Gasteiger partial charge in [-0.25, -0.2) is 0 Å². The van der Waals surface area contributed by atoms with Crippen molar-refractivity contribution in [2.75, 3.05) is 0 Å². The van der Waals surface area contributed by atoms with Gasteiger partial charge in [0.2, 0.25) is 0 Å². The van der Waals surface area contributed by atoms with Gasteiger partial charge >= 0.3 is 0 Å². The molecular weight excluding hydrogens is 408 g/mol. The maximum atomic E-state index is 2.58. The van der Waals surface area contributed by atoms with Crippen molar-refractivity contribution in [3.8, 4) is 0 Å². The van der Waals surface area contributed by atoms with Crippen LogP contribution in [0.2, 0.25) is 0 Å². The second-order valence-corrected chi connectivity index (χ2v) is 13.5. The smallest absolute Gasteiger partial charge is 0.00463 e. The largest absolute Gasteiger partial charge is 0.0654 e. The third kappa shape index (κ3) is 5.18. The van der Waals surface area contributed by atoms with E-state index in [2.05, 4.69) is 38.1 Å². The summed E-state index contributed by atoms with van der Waals surface area (Å²) in [6.45, 7) is 4.70. The van der Waals surface area contributed by atoms with Crippen LogP contribution in [0.5, 0.6) is 0 Å². The molecule has 0 atom stereocenters. The Kier molecular flexibility index (Phi) is 8.12. The van der Waals surface area contributed by atoms with Gasteiger partial charge in [-0.3, -0.25) is 0 Å². The molecule has 34 heavy (non-hydrogen) atoms. The quantitative estimate of drug-likeness (QED) is 0.320. The van der Waals surface area contributed by atoms with Crippen LogP contribution in [0.1, 0.15) is 159 Å². The van der Waals surface area contributed by atoms with Crippen LogP contribution in [0, 0.1) is 23.2 Å². The van der Waals surface area contributed by atoms with E-state index in [4.69, 9.17) is 0 Å². The molecule has 5 saturated carbocycles. The van der Waals surface area contributed by atoms with Crippen LogP contribution in [-0.2, 0) is 5.41 Å². The average molecular weight is 463 g/mol. The van der Waals surface area contributed by atoms with Crippen molar-refractivity contribution in [2.24, 2.45) is 23.2 Å². The highest BCUT2D eigenvalue weighted by Gasteiger charge is 2.52. The molecule has 0 spiro atoms. The molecule has 1 aromatic carbocycles. The molecule has 5 fully saturated rings. The van der Waals surface area contributed by atoms with Crippen molar-refractivity contribution in [3.05, 3.63) is 35.4 Å². The van der Waals surface area contributed by atoms with Crippen LogP contribution < -0.4 is 0 Å². The van der Waals surface area contributed by atoms with Crippen LogP contribution in [0.25, 0.3) is 0 Å². The molecule has 0 heteroatoms. The number of fused-ring (bicyclic) bond motifs is 3. The van der Waals surface area contributed by atoms with Crippen LogP contribution in [0.3, 0.4) is 0 Å². The van der Waals surface area contributed by atoms with Crippen LogP contribution in [-0.4, -0.2) is 0 Å². The van der Waals surface area contributed by atoms with Crippen molar-refractivity contribution in [1.82, 2.24) is 0 Å². The molecule has 2 bridgehead atoms. The Morgan fingerprint density at radius 1 is 0.618 bits per heavy atom. The maximum absolute atomic E-state index is 2.58. The number of unbranched alkanes of at least 4 members (excludes halogenated alkanes) is 2. The normalized spacial score (nSPS) is 38.2. The molecule has 0 amide bonds. The zero-order valence-electron chi connectivity index (χ0n) is 22.8. The lowest BCUT2D eigenvalue weighted by molar-refractivity contribution is -0.0294. The lowest BCUT2D eigenvalue weighted by atomic mass is 9.47. The van der Waals surface area contributed by atoms with E-state index in [0.717, 1.165) is 29.1 Å². The summed E-state index contributed by atoms with van der Waals surface area (Å²) in [4.78, 5) is 0. The summed E-state index contributed by atoms with van der Waals surface area (Å²) in [5, 5.41) is 0. The van der Waals surface area contributed by atoms with E-state index < -0.39 is 0 Å². The highest BCUT2D eigenvalue weighted by molar-refractivity contribution is 5.33. The minimum Gasteiger partial charge on any atom is -0.0654 e. The number of benzene rings is 1. The molecule has 0 unspecified atom stereocenters. The highest BCUT2D eigenvalue weighted by atomic mass is 14.6. The first-order valence-corrected chi connectivity index (χ1v) is 15.8. The SMILES string of the molecule is CCCCC[C@H]1CC[C@H](c2ccc(C34CCC(C5CCC(CCC)CC5)(CC3)CC4)cc2)CC1. The summed E-state index contributed by atoms with van der Waals surface area (Å²) in [5.41, 5.74) is 4.60. The average Bonchev–Trinajstić information content (AvgIpc) is 2.91. The Labute approximate surface area is 212 Å². The molecule has 0 aromatic heterocycles. The summed E-state index contributed by atoms with van der Waals surface area (Å²) in [5.74, 6) is 3.96. The molecule has 0 heterocycles. The van der Waals surface area contributed by atoms with E-state index in [9.17, 15) is 0 Å². The van der Waals surface area contributed by atoms with Gasteiger partial charge < -0.3 is 0 Å². The fraction of sp³-hybridized carbons (Fsp3) is 0.824. The fourth-order valence-electron chi connectivity index (χ4n) is 9.31.